The van der Waals surface area contributed by atoms with Crippen LogP contribution in [0.1, 0.15) is 11.3 Å². The van der Waals surface area contributed by atoms with Crippen LogP contribution < -0.4 is 16.5 Å². The first-order chi connectivity index (χ1) is 10.1. The number of carbonyl (C=O) groups excluding carboxylic acids is 1. The number of amides is 1. The molecular weight excluding hydrogens is 276 g/mol. The maximum atomic E-state index is 11.1. The number of amidine groups is 1. The van der Waals surface area contributed by atoms with E-state index in [0.29, 0.717) is 5.69 Å². The van der Waals surface area contributed by atoms with Crippen LogP contribution >= 0.6 is 0 Å². The number of nitrogen functional groups attached to an aromatic ring is 1. The highest BCUT2D eigenvalue weighted by atomic mass is 16.7. The molecule has 0 saturated heterocycles. The summed E-state index contributed by atoms with van der Waals surface area (Å²) in [4.78, 5) is 20.2. The average Bonchev–Trinajstić information content (AvgIpc) is 2.91. The van der Waals surface area contributed by atoms with Crippen LogP contribution in [0.2, 0.25) is 0 Å². The first-order valence-electron chi connectivity index (χ1n) is 5.99. The predicted octanol–water partition coefficient (Wildman–Crippen LogP) is 0.899. The second-order valence-electron chi connectivity index (χ2n) is 3.99. The molecule has 2 aromatic rings. The molecule has 1 amide bonds. The summed E-state index contributed by atoms with van der Waals surface area (Å²) < 4.78 is 4.53. The molecule has 2 rings (SSSR count). The number of nitrogens with one attached hydrogen (secondary N) is 2. The van der Waals surface area contributed by atoms with Gasteiger partial charge in [0.25, 0.3) is 0 Å². The topological polar surface area (TPSA) is 128 Å². The van der Waals surface area contributed by atoms with Gasteiger partial charge < -0.3 is 15.9 Å². The smallest absolute Gasteiger partial charge is 0.379 e. The van der Waals surface area contributed by atoms with Crippen molar-refractivity contribution in [1.82, 2.24) is 21.1 Å². The Morgan fingerprint density at radius 1 is 1.38 bits per heavy atom. The molecule has 0 saturated carbocycles. The first-order valence-corrected chi connectivity index (χ1v) is 5.99. The summed E-state index contributed by atoms with van der Waals surface area (Å²) in [6, 6.07) is 7.39. The van der Waals surface area contributed by atoms with Crippen LogP contribution in [0, 0.1) is 6.92 Å². The van der Waals surface area contributed by atoms with E-state index >= 15 is 0 Å². The van der Waals surface area contributed by atoms with Gasteiger partial charge in [0, 0.05) is 7.05 Å². The predicted molar refractivity (Wildman–Crippen MR) is 74.8 cm³/mol. The van der Waals surface area contributed by atoms with Crippen molar-refractivity contribution in [3.8, 4) is 0 Å². The average molecular weight is 290 g/mol. The number of para-hydroxylation sites is 1. The molecule has 0 atom stereocenters. The molecule has 1 heterocycles. The van der Waals surface area contributed by atoms with Crippen molar-refractivity contribution in [3.63, 3.8) is 0 Å². The van der Waals surface area contributed by atoms with E-state index < -0.39 is 6.09 Å². The van der Waals surface area contributed by atoms with Crippen LogP contribution in [0.25, 0.3) is 0 Å². The number of aryl methyl sites for hydroxylation is 1. The van der Waals surface area contributed by atoms with Crippen LogP contribution in [0.3, 0.4) is 0 Å². The molecule has 0 aliphatic heterocycles. The van der Waals surface area contributed by atoms with Gasteiger partial charge in [0.1, 0.15) is 0 Å². The fraction of sp³-hybridized carbons (Fsp3) is 0.167. The van der Waals surface area contributed by atoms with Crippen LogP contribution in [0.5, 0.6) is 0 Å². The lowest BCUT2D eigenvalue weighted by Crippen LogP contribution is -2.33. The summed E-state index contributed by atoms with van der Waals surface area (Å²) in [5, 5.41) is 9.38. The Morgan fingerprint density at radius 2 is 2.14 bits per heavy atom. The summed E-state index contributed by atoms with van der Waals surface area (Å²) in [6.45, 7) is 1.89. The Kier molecular flexibility index (Phi) is 4.34. The Bertz CT molecular complexity index is 667. The number of hydroxylamine groups is 1. The lowest BCUT2D eigenvalue weighted by atomic mass is 10.2. The first kappa shape index (κ1) is 14.3. The number of carbonyl (C=O) groups is 1. The molecule has 0 spiro atoms. The molecular formula is C12H14N6O3. The summed E-state index contributed by atoms with van der Waals surface area (Å²) in [5.41, 5.74) is 9.73. The third kappa shape index (κ3) is 3.47. The van der Waals surface area contributed by atoms with Crippen LogP contribution in [-0.2, 0) is 4.84 Å². The van der Waals surface area contributed by atoms with Gasteiger partial charge in [-0.25, -0.2) is 14.4 Å². The van der Waals surface area contributed by atoms with Gasteiger partial charge in [-0.2, -0.15) is 5.48 Å². The number of hydrogen-bond acceptors (Lipinski definition) is 7. The van der Waals surface area contributed by atoms with Crippen molar-refractivity contribution in [2.24, 2.45) is 4.99 Å². The van der Waals surface area contributed by atoms with Crippen molar-refractivity contribution >= 4 is 23.4 Å². The van der Waals surface area contributed by atoms with Crippen molar-refractivity contribution < 1.29 is 14.3 Å². The molecule has 0 aliphatic rings. The van der Waals surface area contributed by atoms with E-state index in [0.717, 1.165) is 5.56 Å². The number of aliphatic imine (C=N–C) groups is 1. The monoisotopic (exact) mass is 290 g/mol. The van der Waals surface area contributed by atoms with E-state index in [2.05, 4.69) is 30.7 Å². The largest absolute Gasteiger partial charge is 0.431 e. The number of nitrogens with zero attached hydrogens (tertiary/aromatic N) is 3. The Hall–Kier alpha value is -3.10. The van der Waals surface area contributed by atoms with Gasteiger partial charge in [-0.3, -0.25) is 0 Å². The quantitative estimate of drug-likeness (QED) is 0.426. The van der Waals surface area contributed by atoms with Gasteiger partial charge in [0.15, 0.2) is 17.3 Å². The Labute approximate surface area is 120 Å². The number of anilines is 1. The third-order valence-electron chi connectivity index (χ3n) is 2.53. The van der Waals surface area contributed by atoms with E-state index in [1.807, 2.05) is 25.1 Å². The maximum Gasteiger partial charge on any atom is 0.431 e. The van der Waals surface area contributed by atoms with Crippen LogP contribution in [0.4, 0.5) is 16.3 Å². The Balaban J connectivity index is 2.34. The molecule has 1 aromatic heterocycles. The molecule has 110 valence electrons. The zero-order chi connectivity index (χ0) is 15.2. The van der Waals surface area contributed by atoms with E-state index in [-0.39, 0.29) is 17.3 Å². The van der Waals surface area contributed by atoms with Gasteiger partial charge in [-0.1, -0.05) is 18.2 Å². The highest BCUT2D eigenvalue weighted by molar-refractivity contribution is 6.01. The Morgan fingerprint density at radius 3 is 2.76 bits per heavy atom. The van der Waals surface area contributed by atoms with Gasteiger partial charge in [0.2, 0.25) is 0 Å². The van der Waals surface area contributed by atoms with Crippen molar-refractivity contribution in [3.05, 3.63) is 35.5 Å². The zero-order valence-electron chi connectivity index (χ0n) is 11.5. The lowest BCUT2D eigenvalue weighted by molar-refractivity contribution is 0.122. The molecule has 0 radical (unpaired) electrons. The second kappa shape index (κ2) is 6.37. The standard InChI is InChI=1S/C12H14N6O3/c1-7-5-3-4-6-8(7)15-11(18-20-12(19)14-2)9-10(13)17-21-16-9/h3-6H,1-2H3,(H2,13,17)(H,14,19)(H,15,18). The fourth-order valence-electron chi connectivity index (χ4n) is 1.44. The van der Waals surface area contributed by atoms with Crippen molar-refractivity contribution in [2.75, 3.05) is 12.8 Å². The van der Waals surface area contributed by atoms with Crippen LogP contribution in [0.15, 0.2) is 33.9 Å². The summed E-state index contributed by atoms with van der Waals surface area (Å²) in [7, 11) is 1.42. The zero-order valence-corrected chi connectivity index (χ0v) is 11.5. The fourth-order valence-corrected chi connectivity index (χ4v) is 1.44. The van der Waals surface area contributed by atoms with E-state index in [1.165, 1.54) is 7.05 Å². The molecule has 0 fully saturated rings. The minimum atomic E-state index is -0.692. The number of rotatable bonds is 2. The highest BCUT2D eigenvalue weighted by Gasteiger charge is 2.16. The third-order valence-corrected chi connectivity index (χ3v) is 2.53. The van der Waals surface area contributed by atoms with Gasteiger partial charge in [-0.15, -0.1) is 0 Å². The molecule has 0 aliphatic carbocycles. The van der Waals surface area contributed by atoms with E-state index in [4.69, 9.17) is 10.6 Å². The van der Waals surface area contributed by atoms with Crippen molar-refractivity contribution in [2.45, 2.75) is 6.92 Å². The minimum absolute atomic E-state index is 0.0235. The lowest BCUT2D eigenvalue weighted by Gasteiger charge is -2.08. The second-order valence-corrected chi connectivity index (χ2v) is 3.99. The molecule has 9 nitrogen and oxygen atoms in total. The SMILES string of the molecule is CNC(=O)ONC(=Nc1ccccc1C)c1nonc1N. The van der Waals surface area contributed by atoms with Gasteiger partial charge in [-0.05, 0) is 28.9 Å². The molecule has 4 N–H and O–H groups in total. The molecule has 0 bridgehead atoms. The van der Waals surface area contributed by atoms with E-state index in [1.54, 1.807) is 6.07 Å². The number of nitrogens with two attached hydrogens (primary N) is 1. The molecule has 9 heteroatoms. The number of benzene rings is 1. The van der Waals surface area contributed by atoms with Gasteiger partial charge >= 0.3 is 6.09 Å². The normalized spacial score (nSPS) is 11.0. The van der Waals surface area contributed by atoms with E-state index in [9.17, 15) is 4.79 Å². The summed E-state index contributed by atoms with van der Waals surface area (Å²) in [6.07, 6.45) is -0.692. The van der Waals surface area contributed by atoms with Crippen LogP contribution in [-0.4, -0.2) is 29.3 Å². The molecule has 0 unspecified atom stereocenters. The summed E-state index contributed by atoms with van der Waals surface area (Å²) >= 11 is 0. The highest BCUT2D eigenvalue weighted by Crippen LogP contribution is 2.19. The summed E-state index contributed by atoms with van der Waals surface area (Å²) in [5.74, 6) is 0.127. The number of aromatic nitrogens is 2. The van der Waals surface area contributed by atoms with Gasteiger partial charge in [0.05, 0.1) is 5.69 Å². The van der Waals surface area contributed by atoms with Crippen molar-refractivity contribution in [1.29, 1.82) is 0 Å². The molecule has 1 aromatic carbocycles. The number of hydrogen-bond donors (Lipinski definition) is 3. The maximum absolute atomic E-state index is 11.1. The minimum Gasteiger partial charge on any atom is -0.379 e. The molecule has 21 heavy (non-hydrogen) atoms.